The van der Waals surface area contributed by atoms with Gasteiger partial charge in [-0.2, -0.15) is 0 Å². The standard InChI is InChI=1S/C22H34O4/c1-4-6-8-10-18-12-13-20(17(3)14-18)26-22(23)19-15-24-21(25-16-19)11-9-7-5-2/h12-14,19,21H,4-11,15-16H2,1-3H3. The molecule has 1 fully saturated rings. The number of ether oxygens (including phenoxy) is 3. The minimum absolute atomic E-state index is 0.172. The third kappa shape index (κ3) is 6.73. The summed E-state index contributed by atoms with van der Waals surface area (Å²) in [5, 5.41) is 0. The van der Waals surface area contributed by atoms with Gasteiger partial charge in [-0.3, -0.25) is 4.79 Å². The van der Waals surface area contributed by atoms with Gasteiger partial charge in [0.1, 0.15) is 11.7 Å². The second-order valence-electron chi connectivity index (χ2n) is 7.27. The van der Waals surface area contributed by atoms with Crippen LogP contribution in [0, 0.1) is 12.8 Å². The van der Waals surface area contributed by atoms with Crippen LogP contribution in [0.3, 0.4) is 0 Å². The highest BCUT2D eigenvalue weighted by atomic mass is 16.7. The molecular weight excluding hydrogens is 328 g/mol. The van der Waals surface area contributed by atoms with Crippen molar-refractivity contribution in [1.82, 2.24) is 0 Å². The first kappa shape index (κ1) is 20.9. The lowest BCUT2D eigenvalue weighted by Crippen LogP contribution is -2.38. The fraction of sp³-hybridized carbons (Fsp3) is 0.682. The van der Waals surface area contributed by atoms with E-state index in [2.05, 4.69) is 26.0 Å². The highest BCUT2D eigenvalue weighted by Gasteiger charge is 2.29. The summed E-state index contributed by atoms with van der Waals surface area (Å²) in [4.78, 5) is 12.4. The van der Waals surface area contributed by atoms with Crippen LogP contribution in [0.5, 0.6) is 5.75 Å². The Labute approximate surface area is 158 Å². The van der Waals surface area contributed by atoms with Crippen LogP contribution in [0.4, 0.5) is 0 Å². The van der Waals surface area contributed by atoms with E-state index in [0.717, 1.165) is 24.8 Å². The van der Waals surface area contributed by atoms with Gasteiger partial charge in [0.25, 0.3) is 0 Å². The summed E-state index contributed by atoms with van der Waals surface area (Å²) < 4.78 is 17.0. The van der Waals surface area contributed by atoms with Crippen molar-refractivity contribution >= 4 is 5.97 Å². The smallest absolute Gasteiger partial charge is 0.319 e. The SMILES string of the molecule is CCCCCc1ccc(OC(=O)C2COC(CCCCC)OC2)c(C)c1. The van der Waals surface area contributed by atoms with Crippen molar-refractivity contribution in [3.8, 4) is 5.75 Å². The van der Waals surface area contributed by atoms with Gasteiger partial charge in [0.2, 0.25) is 0 Å². The number of esters is 1. The normalized spacial score (nSPS) is 20.1. The molecule has 0 N–H and O–H groups in total. The van der Waals surface area contributed by atoms with Crippen LogP contribution in [0.15, 0.2) is 18.2 Å². The zero-order valence-electron chi connectivity index (χ0n) is 16.6. The predicted octanol–water partition coefficient (Wildman–Crippen LogP) is 5.20. The molecule has 0 bridgehead atoms. The van der Waals surface area contributed by atoms with Crippen LogP contribution < -0.4 is 4.74 Å². The van der Waals surface area contributed by atoms with Gasteiger partial charge in [0.15, 0.2) is 6.29 Å². The molecule has 0 aromatic heterocycles. The number of benzene rings is 1. The maximum absolute atomic E-state index is 12.4. The number of carbonyl (C=O) groups is 1. The van der Waals surface area contributed by atoms with E-state index < -0.39 is 0 Å². The molecule has 0 spiro atoms. The first-order chi connectivity index (χ1) is 12.6. The summed E-state index contributed by atoms with van der Waals surface area (Å²) in [6, 6.07) is 6.09. The van der Waals surface area contributed by atoms with Crippen LogP contribution in [-0.2, 0) is 20.7 Å². The maximum atomic E-state index is 12.4. The van der Waals surface area contributed by atoms with Crippen LogP contribution >= 0.6 is 0 Å². The molecule has 0 saturated carbocycles. The second-order valence-corrected chi connectivity index (χ2v) is 7.27. The summed E-state index contributed by atoms with van der Waals surface area (Å²) >= 11 is 0. The number of unbranched alkanes of at least 4 members (excludes halogenated alkanes) is 4. The first-order valence-electron chi connectivity index (χ1n) is 10.2. The zero-order valence-corrected chi connectivity index (χ0v) is 16.6. The van der Waals surface area contributed by atoms with E-state index in [9.17, 15) is 4.79 Å². The van der Waals surface area contributed by atoms with Gasteiger partial charge >= 0.3 is 5.97 Å². The van der Waals surface area contributed by atoms with Crippen molar-refractivity contribution in [3.05, 3.63) is 29.3 Å². The quantitative estimate of drug-likeness (QED) is 0.326. The van der Waals surface area contributed by atoms with Gasteiger partial charge in [0, 0.05) is 0 Å². The molecule has 0 aliphatic carbocycles. The maximum Gasteiger partial charge on any atom is 0.319 e. The third-order valence-corrected chi connectivity index (χ3v) is 4.86. The van der Waals surface area contributed by atoms with E-state index >= 15 is 0 Å². The third-order valence-electron chi connectivity index (χ3n) is 4.86. The lowest BCUT2D eigenvalue weighted by molar-refractivity contribution is -0.208. The largest absolute Gasteiger partial charge is 0.426 e. The summed E-state index contributed by atoms with van der Waals surface area (Å²) in [5.74, 6) is 0.0270. The monoisotopic (exact) mass is 362 g/mol. The average Bonchev–Trinajstić information content (AvgIpc) is 2.65. The van der Waals surface area contributed by atoms with Crippen molar-refractivity contribution in [2.45, 2.75) is 78.4 Å². The van der Waals surface area contributed by atoms with Crippen LogP contribution in [0.2, 0.25) is 0 Å². The minimum Gasteiger partial charge on any atom is -0.426 e. The summed E-state index contributed by atoms with van der Waals surface area (Å²) in [7, 11) is 0. The highest BCUT2D eigenvalue weighted by Crippen LogP contribution is 2.23. The summed E-state index contributed by atoms with van der Waals surface area (Å²) in [5.41, 5.74) is 2.30. The second kappa shape index (κ2) is 11.3. The van der Waals surface area contributed by atoms with E-state index in [-0.39, 0.29) is 18.2 Å². The molecule has 1 aliphatic rings. The molecule has 1 heterocycles. The molecule has 0 atom stereocenters. The van der Waals surface area contributed by atoms with Gasteiger partial charge in [-0.15, -0.1) is 0 Å². The Morgan fingerprint density at radius 1 is 1.08 bits per heavy atom. The number of rotatable bonds is 10. The van der Waals surface area contributed by atoms with Crippen molar-refractivity contribution in [1.29, 1.82) is 0 Å². The average molecular weight is 363 g/mol. The van der Waals surface area contributed by atoms with Crippen molar-refractivity contribution in [2.75, 3.05) is 13.2 Å². The van der Waals surface area contributed by atoms with Crippen molar-refractivity contribution in [3.63, 3.8) is 0 Å². The van der Waals surface area contributed by atoms with E-state index in [4.69, 9.17) is 14.2 Å². The fourth-order valence-electron chi connectivity index (χ4n) is 3.16. The minimum atomic E-state index is -0.346. The molecular formula is C22H34O4. The van der Waals surface area contributed by atoms with Crippen molar-refractivity contribution in [2.24, 2.45) is 5.92 Å². The number of carbonyl (C=O) groups excluding carboxylic acids is 1. The molecule has 1 aromatic carbocycles. The molecule has 2 rings (SSSR count). The van der Waals surface area contributed by atoms with Gasteiger partial charge < -0.3 is 14.2 Å². The van der Waals surface area contributed by atoms with E-state index in [1.165, 1.54) is 37.7 Å². The van der Waals surface area contributed by atoms with Gasteiger partial charge in [-0.25, -0.2) is 0 Å². The molecule has 26 heavy (non-hydrogen) atoms. The van der Waals surface area contributed by atoms with E-state index in [1.54, 1.807) is 0 Å². The topological polar surface area (TPSA) is 44.8 Å². The van der Waals surface area contributed by atoms with E-state index in [1.807, 2.05) is 13.0 Å². The number of aryl methyl sites for hydroxylation is 2. The summed E-state index contributed by atoms with van der Waals surface area (Å²) in [6.45, 7) is 7.13. The number of hydrogen-bond donors (Lipinski definition) is 0. The lowest BCUT2D eigenvalue weighted by Gasteiger charge is -2.28. The van der Waals surface area contributed by atoms with E-state index in [0.29, 0.717) is 19.0 Å². The van der Waals surface area contributed by atoms with Gasteiger partial charge in [0.05, 0.1) is 13.2 Å². The Morgan fingerprint density at radius 2 is 1.77 bits per heavy atom. The molecule has 4 heteroatoms. The molecule has 0 radical (unpaired) electrons. The zero-order chi connectivity index (χ0) is 18.8. The Bertz CT molecular complexity index is 547. The molecule has 1 saturated heterocycles. The van der Waals surface area contributed by atoms with Crippen LogP contribution in [-0.4, -0.2) is 25.5 Å². The molecule has 0 amide bonds. The number of hydrogen-bond acceptors (Lipinski definition) is 4. The first-order valence-corrected chi connectivity index (χ1v) is 10.2. The Morgan fingerprint density at radius 3 is 2.42 bits per heavy atom. The van der Waals surface area contributed by atoms with Gasteiger partial charge in [-0.1, -0.05) is 51.7 Å². The predicted molar refractivity (Wildman–Crippen MR) is 103 cm³/mol. The lowest BCUT2D eigenvalue weighted by atomic mass is 10.0. The Balaban J connectivity index is 1.79. The Kier molecular flexibility index (Phi) is 9.13. The fourth-order valence-corrected chi connectivity index (χ4v) is 3.16. The molecule has 146 valence electrons. The highest BCUT2D eigenvalue weighted by molar-refractivity contribution is 5.75. The molecule has 1 aromatic rings. The summed E-state index contributed by atoms with van der Waals surface area (Å²) in [6.07, 6.45) is 8.93. The Hall–Kier alpha value is -1.39. The molecule has 1 aliphatic heterocycles. The van der Waals surface area contributed by atoms with Crippen LogP contribution in [0.25, 0.3) is 0 Å². The molecule has 0 unspecified atom stereocenters. The molecule has 4 nitrogen and oxygen atoms in total. The van der Waals surface area contributed by atoms with Crippen LogP contribution in [0.1, 0.15) is 69.9 Å². The van der Waals surface area contributed by atoms with Gasteiger partial charge in [-0.05, 0) is 49.8 Å². The van der Waals surface area contributed by atoms with Crippen molar-refractivity contribution < 1.29 is 19.0 Å².